The largest absolute Gasteiger partial charge is 0.378 e. The molecule has 3 aromatic heterocycles. The zero-order valence-electron chi connectivity index (χ0n) is 17.2. The summed E-state index contributed by atoms with van der Waals surface area (Å²) in [5.41, 5.74) is 4.05. The van der Waals surface area contributed by atoms with Gasteiger partial charge in [-0.1, -0.05) is 19.8 Å². The van der Waals surface area contributed by atoms with E-state index < -0.39 is 0 Å². The van der Waals surface area contributed by atoms with Crippen LogP contribution in [0.15, 0.2) is 6.33 Å². The van der Waals surface area contributed by atoms with Gasteiger partial charge in [0.15, 0.2) is 0 Å². The first kappa shape index (κ1) is 19.0. The number of aryl methyl sites for hydroxylation is 1. The van der Waals surface area contributed by atoms with Crippen molar-refractivity contribution in [3.63, 3.8) is 0 Å². The van der Waals surface area contributed by atoms with Crippen LogP contribution >= 0.6 is 11.3 Å². The Morgan fingerprint density at radius 1 is 1.10 bits per heavy atom. The van der Waals surface area contributed by atoms with Gasteiger partial charge in [0, 0.05) is 19.6 Å². The molecule has 0 saturated carbocycles. The Labute approximate surface area is 175 Å². The predicted molar refractivity (Wildman–Crippen MR) is 120 cm³/mol. The quantitative estimate of drug-likeness (QED) is 0.600. The Balaban J connectivity index is 1.65. The molecule has 1 N–H and O–H groups in total. The van der Waals surface area contributed by atoms with Gasteiger partial charge in [-0.15, -0.1) is 11.3 Å². The summed E-state index contributed by atoms with van der Waals surface area (Å²) in [6.45, 7) is 6.59. The third-order valence-electron chi connectivity index (χ3n) is 6.08. The standard InChI is InChI=1S/C22H29N5OS/c1-2-3-6-9-23-20-17-18-19(29-22(17)25-14-24-20)15-7-4-5-8-16(15)21(26-18)27-10-12-28-13-11-27/h14H,2-13H2,1H3,(H,23,24,25). The average molecular weight is 412 g/mol. The number of pyridine rings is 1. The smallest absolute Gasteiger partial charge is 0.140 e. The van der Waals surface area contributed by atoms with Crippen molar-refractivity contribution in [1.29, 1.82) is 0 Å². The van der Waals surface area contributed by atoms with E-state index in [2.05, 4.69) is 27.1 Å². The van der Waals surface area contributed by atoms with Crippen molar-refractivity contribution in [2.45, 2.75) is 51.9 Å². The normalized spacial score (nSPS) is 17.1. The van der Waals surface area contributed by atoms with Crippen molar-refractivity contribution in [3.05, 3.63) is 17.5 Å². The fourth-order valence-electron chi connectivity index (χ4n) is 4.56. The molecule has 4 heterocycles. The van der Waals surface area contributed by atoms with Crippen molar-refractivity contribution in [3.8, 4) is 0 Å². The summed E-state index contributed by atoms with van der Waals surface area (Å²) in [5, 5.41) is 4.67. The Morgan fingerprint density at radius 2 is 1.93 bits per heavy atom. The second kappa shape index (κ2) is 8.40. The molecule has 1 fully saturated rings. The van der Waals surface area contributed by atoms with Crippen LogP contribution in [0.4, 0.5) is 11.6 Å². The van der Waals surface area contributed by atoms with Crippen LogP contribution in [0.25, 0.3) is 20.4 Å². The number of hydrogen-bond donors (Lipinski definition) is 1. The van der Waals surface area contributed by atoms with E-state index >= 15 is 0 Å². The molecular formula is C22H29N5OS. The third-order valence-corrected chi connectivity index (χ3v) is 7.22. The maximum Gasteiger partial charge on any atom is 0.140 e. The molecular weight excluding hydrogens is 382 g/mol. The summed E-state index contributed by atoms with van der Waals surface area (Å²) in [6.07, 6.45) is 10.1. The number of fused-ring (bicyclic) bond motifs is 5. The Morgan fingerprint density at radius 3 is 2.76 bits per heavy atom. The SMILES string of the molecule is CCCCCNc1ncnc2sc3c4c(c(N5CCOCC5)nc3c12)CCCC4. The lowest BCUT2D eigenvalue weighted by atomic mass is 9.91. The van der Waals surface area contributed by atoms with Crippen molar-refractivity contribution < 1.29 is 4.74 Å². The topological polar surface area (TPSA) is 63.2 Å². The predicted octanol–water partition coefficient (Wildman–Crippen LogP) is 4.56. The summed E-state index contributed by atoms with van der Waals surface area (Å²) in [6, 6.07) is 0. The molecule has 29 heavy (non-hydrogen) atoms. The summed E-state index contributed by atoms with van der Waals surface area (Å²) < 4.78 is 6.92. The van der Waals surface area contributed by atoms with Crippen molar-refractivity contribution in [1.82, 2.24) is 15.0 Å². The molecule has 1 aliphatic carbocycles. The molecule has 0 aromatic carbocycles. The molecule has 1 saturated heterocycles. The maximum atomic E-state index is 5.59. The highest BCUT2D eigenvalue weighted by molar-refractivity contribution is 7.25. The number of ether oxygens (including phenoxy) is 1. The number of aromatic nitrogens is 3. The average Bonchev–Trinajstić information content (AvgIpc) is 3.16. The first-order chi connectivity index (χ1) is 14.4. The lowest BCUT2D eigenvalue weighted by molar-refractivity contribution is 0.122. The minimum atomic E-state index is 0.784. The molecule has 5 rings (SSSR count). The number of anilines is 2. The molecule has 154 valence electrons. The number of unbranched alkanes of at least 4 members (excludes halogenated alkanes) is 2. The molecule has 2 aliphatic rings. The van der Waals surface area contributed by atoms with Gasteiger partial charge in [-0.25, -0.2) is 15.0 Å². The summed E-state index contributed by atoms with van der Waals surface area (Å²) >= 11 is 1.79. The van der Waals surface area contributed by atoms with E-state index in [4.69, 9.17) is 9.72 Å². The van der Waals surface area contributed by atoms with E-state index in [1.165, 1.54) is 47.3 Å². The van der Waals surface area contributed by atoms with Gasteiger partial charge in [-0.05, 0) is 43.2 Å². The number of hydrogen-bond acceptors (Lipinski definition) is 7. The molecule has 7 heteroatoms. The number of nitrogens with zero attached hydrogens (tertiary/aromatic N) is 4. The monoisotopic (exact) mass is 411 g/mol. The summed E-state index contributed by atoms with van der Waals surface area (Å²) in [4.78, 5) is 17.9. The van der Waals surface area contributed by atoms with Crippen LogP contribution in [-0.2, 0) is 17.6 Å². The van der Waals surface area contributed by atoms with Crippen LogP contribution in [0, 0.1) is 0 Å². The van der Waals surface area contributed by atoms with Gasteiger partial charge in [0.2, 0.25) is 0 Å². The van der Waals surface area contributed by atoms with E-state index in [1.807, 2.05) is 0 Å². The molecule has 0 radical (unpaired) electrons. The van der Waals surface area contributed by atoms with Crippen molar-refractivity contribution >= 4 is 43.4 Å². The summed E-state index contributed by atoms with van der Waals surface area (Å²) in [5.74, 6) is 2.12. The zero-order valence-corrected chi connectivity index (χ0v) is 18.0. The molecule has 6 nitrogen and oxygen atoms in total. The van der Waals surface area contributed by atoms with Gasteiger partial charge in [-0.2, -0.15) is 0 Å². The highest BCUT2D eigenvalue weighted by Gasteiger charge is 2.26. The molecule has 3 aromatic rings. The van der Waals surface area contributed by atoms with Crippen LogP contribution in [0.5, 0.6) is 0 Å². The molecule has 1 aliphatic heterocycles. The molecule has 0 bridgehead atoms. The van der Waals surface area contributed by atoms with Gasteiger partial charge in [-0.3, -0.25) is 0 Å². The highest BCUT2D eigenvalue weighted by atomic mass is 32.1. The lowest BCUT2D eigenvalue weighted by Crippen LogP contribution is -2.37. The maximum absolute atomic E-state index is 5.59. The van der Waals surface area contributed by atoms with E-state index in [0.29, 0.717) is 0 Å². The lowest BCUT2D eigenvalue weighted by Gasteiger charge is -2.31. The van der Waals surface area contributed by atoms with Crippen LogP contribution in [0.3, 0.4) is 0 Å². The molecule has 0 atom stereocenters. The van der Waals surface area contributed by atoms with Crippen LogP contribution in [0.2, 0.25) is 0 Å². The van der Waals surface area contributed by atoms with Gasteiger partial charge in [0.1, 0.15) is 22.8 Å². The van der Waals surface area contributed by atoms with E-state index in [9.17, 15) is 0 Å². The van der Waals surface area contributed by atoms with Gasteiger partial charge >= 0.3 is 0 Å². The van der Waals surface area contributed by atoms with Gasteiger partial charge in [0.05, 0.1) is 28.8 Å². The first-order valence-electron chi connectivity index (χ1n) is 11.0. The number of morpholine rings is 1. The number of thiophene rings is 1. The second-order valence-corrected chi connectivity index (χ2v) is 9.01. The van der Waals surface area contributed by atoms with Crippen molar-refractivity contribution in [2.75, 3.05) is 43.1 Å². The van der Waals surface area contributed by atoms with Gasteiger partial charge in [0.25, 0.3) is 0 Å². The molecule has 0 amide bonds. The molecule has 0 spiro atoms. The number of rotatable bonds is 6. The third kappa shape index (κ3) is 3.55. The Kier molecular flexibility index (Phi) is 5.50. The fraction of sp³-hybridized carbons (Fsp3) is 0.591. The summed E-state index contributed by atoms with van der Waals surface area (Å²) in [7, 11) is 0. The van der Waals surface area contributed by atoms with Crippen LogP contribution in [-0.4, -0.2) is 47.8 Å². The van der Waals surface area contributed by atoms with E-state index in [1.54, 1.807) is 17.7 Å². The van der Waals surface area contributed by atoms with Crippen LogP contribution < -0.4 is 10.2 Å². The van der Waals surface area contributed by atoms with E-state index in [0.717, 1.165) is 73.7 Å². The minimum absolute atomic E-state index is 0.784. The number of nitrogens with one attached hydrogen (secondary N) is 1. The Hall–Kier alpha value is -1.99. The minimum Gasteiger partial charge on any atom is -0.378 e. The zero-order chi connectivity index (χ0) is 19.6. The van der Waals surface area contributed by atoms with Crippen molar-refractivity contribution in [2.24, 2.45) is 0 Å². The second-order valence-electron chi connectivity index (χ2n) is 8.02. The molecule has 0 unspecified atom stereocenters. The fourth-order valence-corrected chi connectivity index (χ4v) is 5.74. The first-order valence-corrected chi connectivity index (χ1v) is 11.8. The Bertz CT molecular complexity index is 1010. The van der Waals surface area contributed by atoms with E-state index in [-0.39, 0.29) is 0 Å². The van der Waals surface area contributed by atoms with Gasteiger partial charge < -0.3 is 15.0 Å². The highest BCUT2D eigenvalue weighted by Crippen LogP contribution is 2.42. The van der Waals surface area contributed by atoms with Crippen LogP contribution in [0.1, 0.15) is 50.2 Å².